The van der Waals surface area contributed by atoms with Crippen LogP contribution in [0, 0.1) is 5.92 Å². The van der Waals surface area contributed by atoms with E-state index in [1.807, 2.05) is 13.0 Å². The van der Waals surface area contributed by atoms with Crippen molar-refractivity contribution in [3.05, 3.63) is 12.2 Å². The third-order valence-electron chi connectivity index (χ3n) is 3.19. The van der Waals surface area contributed by atoms with E-state index in [9.17, 15) is 9.90 Å². The fraction of sp³-hybridized carbons (Fsp3) is 0.769. The maximum atomic E-state index is 10.8. The third-order valence-corrected chi connectivity index (χ3v) is 3.19. The van der Waals surface area contributed by atoms with Crippen molar-refractivity contribution >= 4 is 5.97 Å². The van der Waals surface area contributed by atoms with E-state index in [-0.39, 0.29) is 18.2 Å². The lowest BCUT2D eigenvalue weighted by atomic mass is 9.98. The lowest BCUT2D eigenvalue weighted by molar-refractivity contribution is -0.138. The van der Waals surface area contributed by atoms with E-state index in [0.29, 0.717) is 5.92 Å². The van der Waals surface area contributed by atoms with Crippen molar-refractivity contribution in [3.63, 3.8) is 0 Å². The van der Waals surface area contributed by atoms with Crippen LogP contribution in [0.3, 0.4) is 0 Å². The van der Waals surface area contributed by atoms with Crippen molar-refractivity contribution in [3.8, 4) is 0 Å². The number of carbonyl (C=O) groups is 1. The van der Waals surface area contributed by atoms with Crippen LogP contribution in [0.1, 0.15) is 46.0 Å². The van der Waals surface area contributed by atoms with E-state index in [2.05, 4.69) is 6.92 Å². The summed E-state index contributed by atoms with van der Waals surface area (Å²) in [6.07, 6.45) is 8.47. The number of ether oxygens (including phenoxy) is 1. The number of hydrogen-bond donors (Lipinski definition) is 1. The highest BCUT2D eigenvalue weighted by molar-refractivity contribution is 5.84. The van der Waals surface area contributed by atoms with Gasteiger partial charge in [0.2, 0.25) is 0 Å². The zero-order valence-corrected chi connectivity index (χ0v) is 10.2. The number of esters is 1. The van der Waals surface area contributed by atoms with Crippen LogP contribution in [0.4, 0.5) is 0 Å². The molecule has 0 aromatic rings. The molecule has 1 N–H and O–H groups in total. The topological polar surface area (TPSA) is 46.5 Å². The van der Waals surface area contributed by atoms with Gasteiger partial charge in [-0.05, 0) is 38.2 Å². The summed E-state index contributed by atoms with van der Waals surface area (Å²) in [4.78, 5) is 10.8. The van der Waals surface area contributed by atoms with E-state index in [1.54, 1.807) is 0 Å². The summed E-state index contributed by atoms with van der Waals surface area (Å²) in [5, 5.41) is 9.31. The third kappa shape index (κ3) is 4.79. The lowest BCUT2D eigenvalue weighted by Crippen LogP contribution is -2.12. The van der Waals surface area contributed by atoms with Crippen LogP contribution in [0.15, 0.2) is 12.2 Å². The molecule has 0 fully saturated rings. The first-order chi connectivity index (χ1) is 7.59. The normalized spacial score (nSPS) is 23.2. The monoisotopic (exact) mass is 226 g/mol. The first kappa shape index (κ1) is 13.2. The Kier molecular flexibility index (Phi) is 5.53. The summed E-state index contributed by atoms with van der Waals surface area (Å²) in [7, 11) is 0. The summed E-state index contributed by atoms with van der Waals surface area (Å²) in [6.45, 7) is 3.92. The van der Waals surface area contributed by atoms with Crippen LogP contribution in [0.5, 0.6) is 0 Å². The molecule has 1 aliphatic rings. The van der Waals surface area contributed by atoms with Crippen LogP contribution < -0.4 is 0 Å². The Hall–Kier alpha value is -0.830. The largest absolute Gasteiger partial charge is 0.455 e. The predicted molar refractivity (Wildman–Crippen MR) is 62.9 cm³/mol. The minimum absolute atomic E-state index is 0.00156. The van der Waals surface area contributed by atoms with Crippen LogP contribution in [-0.4, -0.2) is 23.3 Å². The minimum Gasteiger partial charge on any atom is -0.455 e. The zero-order valence-electron chi connectivity index (χ0n) is 10.2. The molecule has 0 aromatic carbocycles. The Labute approximate surface area is 97.5 Å². The molecular weight excluding hydrogens is 204 g/mol. The summed E-state index contributed by atoms with van der Waals surface area (Å²) >= 11 is 0. The van der Waals surface area contributed by atoms with Gasteiger partial charge in [0.1, 0.15) is 6.10 Å². The van der Waals surface area contributed by atoms with Crippen LogP contribution >= 0.6 is 0 Å². The Morgan fingerprint density at radius 1 is 1.38 bits per heavy atom. The Balaban J connectivity index is 1.96. The van der Waals surface area contributed by atoms with Crippen molar-refractivity contribution in [1.29, 1.82) is 0 Å². The van der Waals surface area contributed by atoms with Gasteiger partial charge >= 0.3 is 5.97 Å². The quantitative estimate of drug-likeness (QED) is 0.535. The van der Waals surface area contributed by atoms with Gasteiger partial charge in [0.15, 0.2) is 0 Å². The highest BCUT2D eigenvalue weighted by atomic mass is 16.5. The average molecular weight is 226 g/mol. The molecule has 1 rings (SSSR count). The average Bonchev–Trinajstić information content (AvgIpc) is 2.63. The van der Waals surface area contributed by atoms with Gasteiger partial charge < -0.3 is 9.84 Å². The molecule has 0 amide bonds. The molecule has 0 radical (unpaired) electrons. The van der Waals surface area contributed by atoms with Gasteiger partial charge in [0.25, 0.3) is 0 Å². The van der Waals surface area contributed by atoms with Crippen molar-refractivity contribution in [2.75, 3.05) is 0 Å². The zero-order chi connectivity index (χ0) is 12.0. The standard InChI is InChI=1S/C13H22O3/c1-10(11(2)14)6-4-3-5-7-12-8-9-13(15)16-12/h8-12,14H,3-7H2,1-2H3/t10-,11-,12+/m1/s1. The summed E-state index contributed by atoms with van der Waals surface area (Å²) in [5.74, 6) is 0.164. The SMILES string of the molecule is C[C@H](CCCCC[C@H]1C=CC(=O)O1)[C@@H](C)O. The predicted octanol–water partition coefficient (Wildman–Crippen LogP) is 2.44. The second-order valence-corrected chi connectivity index (χ2v) is 4.69. The highest BCUT2D eigenvalue weighted by Crippen LogP contribution is 2.17. The van der Waals surface area contributed by atoms with E-state index >= 15 is 0 Å². The van der Waals surface area contributed by atoms with Crippen molar-refractivity contribution in [1.82, 2.24) is 0 Å². The van der Waals surface area contributed by atoms with Crippen LogP contribution in [0.25, 0.3) is 0 Å². The van der Waals surface area contributed by atoms with E-state index in [0.717, 1.165) is 32.1 Å². The summed E-state index contributed by atoms with van der Waals surface area (Å²) in [6, 6.07) is 0. The molecule has 3 heteroatoms. The van der Waals surface area contributed by atoms with E-state index in [4.69, 9.17) is 4.74 Å². The smallest absolute Gasteiger partial charge is 0.331 e. The van der Waals surface area contributed by atoms with Gasteiger partial charge in [-0.15, -0.1) is 0 Å². The molecule has 0 spiro atoms. The number of hydrogen-bond acceptors (Lipinski definition) is 3. The molecule has 1 heterocycles. The Morgan fingerprint density at radius 3 is 2.69 bits per heavy atom. The minimum atomic E-state index is -0.215. The molecule has 0 bridgehead atoms. The number of cyclic esters (lactones) is 1. The Bertz CT molecular complexity index is 246. The maximum absolute atomic E-state index is 10.8. The van der Waals surface area contributed by atoms with Crippen LogP contribution in [0.2, 0.25) is 0 Å². The maximum Gasteiger partial charge on any atom is 0.331 e. The number of aliphatic hydroxyl groups excluding tert-OH is 1. The van der Waals surface area contributed by atoms with Crippen molar-refractivity contribution < 1.29 is 14.6 Å². The number of carbonyl (C=O) groups excluding carboxylic acids is 1. The number of rotatable bonds is 7. The first-order valence-corrected chi connectivity index (χ1v) is 6.16. The highest BCUT2D eigenvalue weighted by Gasteiger charge is 2.15. The molecule has 16 heavy (non-hydrogen) atoms. The molecule has 0 unspecified atom stereocenters. The van der Waals surface area contributed by atoms with Gasteiger partial charge in [0, 0.05) is 6.08 Å². The molecule has 3 atom stereocenters. The summed E-state index contributed by atoms with van der Waals surface area (Å²) < 4.78 is 5.04. The van der Waals surface area contributed by atoms with Crippen LogP contribution in [-0.2, 0) is 9.53 Å². The van der Waals surface area contributed by atoms with Crippen molar-refractivity contribution in [2.45, 2.75) is 58.2 Å². The van der Waals surface area contributed by atoms with Gasteiger partial charge in [0.05, 0.1) is 6.10 Å². The van der Waals surface area contributed by atoms with Crippen molar-refractivity contribution in [2.24, 2.45) is 5.92 Å². The summed E-state index contributed by atoms with van der Waals surface area (Å²) in [5.41, 5.74) is 0. The van der Waals surface area contributed by atoms with E-state index in [1.165, 1.54) is 6.08 Å². The second-order valence-electron chi connectivity index (χ2n) is 4.69. The van der Waals surface area contributed by atoms with E-state index < -0.39 is 0 Å². The van der Waals surface area contributed by atoms with Gasteiger partial charge in [-0.1, -0.05) is 19.8 Å². The fourth-order valence-electron chi connectivity index (χ4n) is 1.80. The van der Waals surface area contributed by atoms with Gasteiger partial charge in [-0.3, -0.25) is 0 Å². The van der Waals surface area contributed by atoms with Gasteiger partial charge in [-0.2, -0.15) is 0 Å². The molecule has 0 saturated heterocycles. The molecule has 3 nitrogen and oxygen atoms in total. The molecule has 0 saturated carbocycles. The first-order valence-electron chi connectivity index (χ1n) is 6.16. The molecule has 0 aliphatic carbocycles. The fourth-order valence-corrected chi connectivity index (χ4v) is 1.80. The number of unbranched alkanes of at least 4 members (excludes halogenated alkanes) is 2. The molecular formula is C13H22O3. The molecule has 0 aromatic heterocycles. The molecule has 1 aliphatic heterocycles. The second kappa shape index (κ2) is 6.69. The van der Waals surface area contributed by atoms with Gasteiger partial charge in [-0.25, -0.2) is 4.79 Å². The number of aliphatic hydroxyl groups is 1. The Morgan fingerprint density at radius 2 is 2.12 bits per heavy atom. The lowest BCUT2D eigenvalue weighted by Gasteiger charge is -2.14. The molecule has 92 valence electrons.